The number of benzene rings is 1. The number of hydrogen-bond donors (Lipinski definition) is 3. The van der Waals surface area contributed by atoms with Crippen molar-refractivity contribution in [1.29, 1.82) is 0 Å². The highest BCUT2D eigenvalue weighted by Crippen LogP contribution is 2.19. The molecule has 0 aliphatic rings. The van der Waals surface area contributed by atoms with Crippen LogP contribution in [0.25, 0.3) is 0 Å². The van der Waals surface area contributed by atoms with Crippen LogP contribution >= 0.6 is 23.6 Å². The van der Waals surface area contributed by atoms with E-state index in [0.717, 1.165) is 23.5 Å². The monoisotopic (exact) mass is 440 g/mol. The first-order chi connectivity index (χ1) is 13.3. The van der Waals surface area contributed by atoms with Crippen LogP contribution < -0.4 is 15.4 Å². The molecule has 1 aromatic carbocycles. The molecule has 0 aliphatic carbocycles. The highest BCUT2D eigenvalue weighted by molar-refractivity contribution is 7.93. The van der Waals surface area contributed by atoms with Crippen LogP contribution in [0.4, 0.5) is 10.8 Å². The van der Waals surface area contributed by atoms with E-state index in [1.54, 1.807) is 12.3 Å². The summed E-state index contributed by atoms with van der Waals surface area (Å²) in [6.07, 6.45) is 3.47. The molecule has 1 aromatic heterocycles. The van der Waals surface area contributed by atoms with Crippen LogP contribution in [0.15, 0.2) is 52.9 Å². The number of nitrogens with zero attached hydrogens (tertiary/aromatic N) is 1. The van der Waals surface area contributed by atoms with E-state index in [0.29, 0.717) is 5.69 Å². The molecule has 0 spiro atoms. The summed E-state index contributed by atoms with van der Waals surface area (Å²) in [7, 11) is -3.75. The molecule has 2 rings (SSSR count). The summed E-state index contributed by atoms with van der Waals surface area (Å²) in [5.74, 6) is -1.25. The lowest BCUT2D eigenvalue weighted by Gasteiger charge is -2.09. The largest absolute Gasteiger partial charge is 0.463 e. The quantitative estimate of drug-likeness (QED) is 0.338. The van der Waals surface area contributed by atoms with Gasteiger partial charge in [0.05, 0.1) is 11.5 Å². The van der Waals surface area contributed by atoms with E-state index in [1.165, 1.54) is 30.5 Å². The Morgan fingerprint density at radius 2 is 1.96 bits per heavy atom. The zero-order valence-electron chi connectivity index (χ0n) is 14.5. The minimum absolute atomic E-state index is 0.0185. The van der Waals surface area contributed by atoms with Gasteiger partial charge in [0, 0.05) is 29.4 Å². The fourth-order valence-corrected chi connectivity index (χ4v) is 3.82. The molecule has 1 amide bonds. The highest BCUT2D eigenvalue weighted by Gasteiger charge is 2.15. The minimum atomic E-state index is -3.75. The Morgan fingerprint density at radius 1 is 1.25 bits per heavy atom. The van der Waals surface area contributed by atoms with Crippen molar-refractivity contribution in [3.8, 4) is 0 Å². The number of thiazole rings is 1. The maximum Gasteiger partial charge on any atom is 0.330 e. The number of carbonyl (C=O) groups excluding carboxylic acids is 2. The van der Waals surface area contributed by atoms with Crippen LogP contribution in [0.1, 0.15) is 6.92 Å². The third-order valence-corrected chi connectivity index (χ3v) is 5.35. The van der Waals surface area contributed by atoms with Crippen LogP contribution in [0, 0.1) is 0 Å². The number of ether oxygens (including phenoxy) is 1. The summed E-state index contributed by atoms with van der Waals surface area (Å²) in [5, 5.41) is 6.99. The van der Waals surface area contributed by atoms with Gasteiger partial charge in [-0.15, -0.1) is 11.3 Å². The first kappa shape index (κ1) is 21.5. The molecular formula is C16H16N4O5S3. The van der Waals surface area contributed by atoms with Crippen LogP contribution in [0.2, 0.25) is 0 Å². The molecular weight excluding hydrogens is 424 g/mol. The summed E-state index contributed by atoms with van der Waals surface area (Å²) in [6, 6.07) is 5.74. The molecule has 2 aromatic rings. The van der Waals surface area contributed by atoms with Crippen molar-refractivity contribution in [2.75, 3.05) is 16.6 Å². The molecule has 0 radical (unpaired) electrons. The third kappa shape index (κ3) is 6.72. The number of sulfonamides is 1. The Bertz CT molecular complexity index is 970. The Morgan fingerprint density at radius 3 is 2.57 bits per heavy atom. The average molecular weight is 441 g/mol. The number of aromatic nitrogens is 1. The van der Waals surface area contributed by atoms with Gasteiger partial charge in [-0.2, -0.15) is 0 Å². The second kappa shape index (κ2) is 9.92. The van der Waals surface area contributed by atoms with Crippen LogP contribution in [0.5, 0.6) is 0 Å². The lowest BCUT2D eigenvalue weighted by Crippen LogP contribution is -2.33. The van der Waals surface area contributed by atoms with E-state index in [1.807, 2.05) is 0 Å². The second-order valence-electron chi connectivity index (χ2n) is 5.00. The summed E-state index contributed by atoms with van der Waals surface area (Å²) >= 11 is 6.16. The number of anilines is 2. The van der Waals surface area contributed by atoms with E-state index in [4.69, 9.17) is 12.2 Å². The molecule has 12 heteroatoms. The summed E-state index contributed by atoms with van der Waals surface area (Å²) in [5.41, 5.74) is 0.466. The number of carbonyl (C=O) groups is 2. The van der Waals surface area contributed by atoms with Gasteiger partial charge in [-0.25, -0.2) is 18.2 Å². The molecule has 0 aliphatic heterocycles. The van der Waals surface area contributed by atoms with Crippen LogP contribution in [-0.4, -0.2) is 37.0 Å². The molecule has 0 saturated heterocycles. The van der Waals surface area contributed by atoms with Gasteiger partial charge in [-0.1, -0.05) is 0 Å². The van der Waals surface area contributed by atoms with Gasteiger partial charge in [-0.05, 0) is 43.4 Å². The number of nitrogens with one attached hydrogen (secondary N) is 3. The van der Waals surface area contributed by atoms with Gasteiger partial charge in [0.2, 0.25) is 5.91 Å². The van der Waals surface area contributed by atoms with E-state index in [2.05, 4.69) is 25.1 Å². The Balaban J connectivity index is 1.92. The van der Waals surface area contributed by atoms with Gasteiger partial charge in [0.1, 0.15) is 0 Å². The molecule has 0 saturated carbocycles. The highest BCUT2D eigenvalue weighted by atomic mass is 32.2. The third-order valence-electron chi connectivity index (χ3n) is 2.97. The first-order valence-corrected chi connectivity index (χ1v) is 10.6. The summed E-state index contributed by atoms with van der Waals surface area (Å²) in [4.78, 5) is 26.7. The lowest BCUT2D eigenvalue weighted by molar-refractivity contribution is -0.137. The average Bonchev–Trinajstić information content (AvgIpc) is 3.13. The van der Waals surface area contributed by atoms with Crippen molar-refractivity contribution in [2.45, 2.75) is 11.8 Å². The predicted octanol–water partition coefficient (Wildman–Crippen LogP) is 1.88. The Kier molecular flexibility index (Phi) is 7.61. The SMILES string of the molecule is CCOC(=O)/C=C/C(=O)NC(=S)Nc1ccc(S(=O)(=O)Nc2nccs2)cc1. The van der Waals surface area contributed by atoms with Crippen molar-refractivity contribution in [2.24, 2.45) is 0 Å². The van der Waals surface area contributed by atoms with Crippen molar-refractivity contribution < 1.29 is 22.7 Å². The molecule has 3 N–H and O–H groups in total. The standard InChI is InChI=1S/C16H16N4O5S3/c1-2-25-14(22)8-7-13(21)19-15(26)18-11-3-5-12(6-4-11)28(23,24)20-16-17-9-10-27-16/h3-10H,2H2,1H3,(H,17,20)(H2,18,19,21,26)/b8-7+. The molecule has 9 nitrogen and oxygen atoms in total. The molecule has 28 heavy (non-hydrogen) atoms. The topological polar surface area (TPSA) is 126 Å². The maximum absolute atomic E-state index is 12.3. The van der Waals surface area contributed by atoms with Gasteiger partial charge >= 0.3 is 5.97 Å². The summed E-state index contributed by atoms with van der Waals surface area (Å²) < 4.78 is 31.5. The zero-order valence-corrected chi connectivity index (χ0v) is 17.0. The van der Waals surface area contributed by atoms with Gasteiger partial charge in [0.15, 0.2) is 10.2 Å². The Labute approximate surface area is 170 Å². The smallest absolute Gasteiger partial charge is 0.330 e. The summed E-state index contributed by atoms with van der Waals surface area (Å²) in [6.45, 7) is 1.85. The number of thiocarbonyl (C=S) groups is 1. The molecule has 0 fully saturated rings. The van der Waals surface area contributed by atoms with Gasteiger partial charge in [-0.3, -0.25) is 14.8 Å². The predicted molar refractivity (Wildman–Crippen MR) is 110 cm³/mol. The molecule has 0 unspecified atom stereocenters. The van der Waals surface area contributed by atoms with E-state index < -0.39 is 21.9 Å². The zero-order chi connectivity index (χ0) is 20.6. The van der Waals surface area contributed by atoms with E-state index >= 15 is 0 Å². The number of rotatable bonds is 7. The molecule has 0 bridgehead atoms. The normalized spacial score (nSPS) is 11.0. The van der Waals surface area contributed by atoms with Crippen LogP contribution in [0.3, 0.4) is 0 Å². The van der Waals surface area contributed by atoms with Crippen molar-refractivity contribution in [3.63, 3.8) is 0 Å². The molecule has 1 heterocycles. The van der Waals surface area contributed by atoms with Gasteiger partial charge < -0.3 is 10.1 Å². The number of amides is 1. The van der Waals surface area contributed by atoms with Crippen LogP contribution in [-0.2, 0) is 24.3 Å². The fourth-order valence-electron chi connectivity index (χ4n) is 1.82. The lowest BCUT2D eigenvalue weighted by atomic mass is 10.3. The second-order valence-corrected chi connectivity index (χ2v) is 7.98. The molecule has 148 valence electrons. The van der Waals surface area contributed by atoms with Gasteiger partial charge in [0.25, 0.3) is 10.0 Å². The fraction of sp³-hybridized carbons (Fsp3) is 0.125. The number of esters is 1. The Hall–Kier alpha value is -2.83. The van der Waals surface area contributed by atoms with E-state index in [9.17, 15) is 18.0 Å². The van der Waals surface area contributed by atoms with E-state index in [-0.39, 0.29) is 21.7 Å². The minimum Gasteiger partial charge on any atom is -0.463 e. The first-order valence-electron chi connectivity index (χ1n) is 7.79. The van der Waals surface area contributed by atoms with Crippen molar-refractivity contribution >= 4 is 61.4 Å². The van der Waals surface area contributed by atoms with Crippen molar-refractivity contribution in [3.05, 3.63) is 48.0 Å². The number of hydrogen-bond acceptors (Lipinski definition) is 8. The molecule has 0 atom stereocenters. The maximum atomic E-state index is 12.3. The van der Waals surface area contributed by atoms with Crippen molar-refractivity contribution in [1.82, 2.24) is 10.3 Å².